The number of hydrogen-bond acceptors (Lipinski definition) is 6. The van der Waals surface area contributed by atoms with Gasteiger partial charge >= 0.3 is 0 Å². The van der Waals surface area contributed by atoms with Crippen LogP contribution in [0.25, 0.3) is 0 Å². The Morgan fingerprint density at radius 1 is 1.35 bits per heavy atom. The fourth-order valence-electron chi connectivity index (χ4n) is 1.58. The van der Waals surface area contributed by atoms with Crippen molar-refractivity contribution in [2.24, 2.45) is 0 Å². The lowest BCUT2D eigenvalue weighted by Gasteiger charge is -2.21. The second-order valence-corrected chi connectivity index (χ2v) is 4.63. The molecule has 0 saturated heterocycles. The zero-order chi connectivity index (χ0) is 12.3. The standard InChI is InChI=1S/C11H15N5S/c1-2-16(7-8-4-3-5-17-8)10-6-9(12)14-11(13)15-10/h3-6H,2,7H2,1H3,(H4,12,13,14,15). The van der Waals surface area contributed by atoms with Crippen LogP contribution < -0.4 is 16.4 Å². The summed E-state index contributed by atoms with van der Waals surface area (Å²) in [7, 11) is 0. The first-order valence-corrected chi connectivity index (χ1v) is 6.24. The Labute approximate surface area is 104 Å². The predicted octanol–water partition coefficient (Wildman–Crippen LogP) is 1.73. The van der Waals surface area contributed by atoms with Gasteiger partial charge in [0.2, 0.25) is 5.95 Å². The SMILES string of the molecule is CCN(Cc1cccs1)c1cc(N)nc(N)n1. The van der Waals surface area contributed by atoms with Crippen molar-refractivity contribution < 1.29 is 0 Å². The molecule has 2 aromatic rings. The van der Waals surface area contributed by atoms with Gasteiger partial charge in [0, 0.05) is 17.5 Å². The highest BCUT2D eigenvalue weighted by molar-refractivity contribution is 7.09. The molecule has 0 aliphatic carbocycles. The van der Waals surface area contributed by atoms with E-state index in [0.29, 0.717) is 5.82 Å². The molecule has 4 N–H and O–H groups in total. The van der Waals surface area contributed by atoms with Gasteiger partial charge in [-0.2, -0.15) is 9.97 Å². The van der Waals surface area contributed by atoms with Gasteiger partial charge in [-0.25, -0.2) is 0 Å². The molecule has 0 bridgehead atoms. The Morgan fingerprint density at radius 3 is 2.76 bits per heavy atom. The number of rotatable bonds is 4. The molecule has 0 atom stereocenters. The quantitative estimate of drug-likeness (QED) is 0.862. The van der Waals surface area contributed by atoms with Gasteiger partial charge < -0.3 is 16.4 Å². The second kappa shape index (κ2) is 5.01. The first kappa shape index (κ1) is 11.7. The third kappa shape index (κ3) is 2.85. The minimum Gasteiger partial charge on any atom is -0.383 e. The lowest BCUT2D eigenvalue weighted by molar-refractivity contribution is 0.822. The molecule has 0 amide bonds. The molecule has 17 heavy (non-hydrogen) atoms. The molecule has 2 rings (SSSR count). The Kier molecular flexibility index (Phi) is 3.43. The zero-order valence-corrected chi connectivity index (χ0v) is 10.4. The lowest BCUT2D eigenvalue weighted by Crippen LogP contribution is -2.23. The van der Waals surface area contributed by atoms with Crippen LogP contribution in [0.4, 0.5) is 17.6 Å². The summed E-state index contributed by atoms with van der Waals surface area (Å²) < 4.78 is 0. The van der Waals surface area contributed by atoms with Gasteiger partial charge in [0.1, 0.15) is 11.6 Å². The Morgan fingerprint density at radius 2 is 2.18 bits per heavy atom. The van der Waals surface area contributed by atoms with Crippen molar-refractivity contribution in [1.82, 2.24) is 9.97 Å². The third-order valence-corrected chi connectivity index (χ3v) is 3.24. The van der Waals surface area contributed by atoms with Crippen LogP contribution >= 0.6 is 11.3 Å². The smallest absolute Gasteiger partial charge is 0.223 e. The van der Waals surface area contributed by atoms with Crippen molar-refractivity contribution in [3.63, 3.8) is 0 Å². The average molecular weight is 249 g/mol. The molecule has 2 aromatic heterocycles. The van der Waals surface area contributed by atoms with Crippen molar-refractivity contribution >= 4 is 28.9 Å². The van der Waals surface area contributed by atoms with E-state index < -0.39 is 0 Å². The maximum absolute atomic E-state index is 5.67. The molecule has 0 aliphatic rings. The van der Waals surface area contributed by atoms with Gasteiger partial charge in [0.15, 0.2) is 0 Å². The van der Waals surface area contributed by atoms with Crippen LogP contribution in [0.5, 0.6) is 0 Å². The first-order chi connectivity index (χ1) is 8.19. The van der Waals surface area contributed by atoms with E-state index in [9.17, 15) is 0 Å². The minimum absolute atomic E-state index is 0.213. The summed E-state index contributed by atoms with van der Waals surface area (Å²) >= 11 is 1.72. The molecule has 0 spiro atoms. The number of nitrogen functional groups attached to an aromatic ring is 2. The van der Waals surface area contributed by atoms with E-state index >= 15 is 0 Å². The predicted molar refractivity (Wildman–Crippen MR) is 71.9 cm³/mol. The highest BCUT2D eigenvalue weighted by atomic mass is 32.1. The Bertz CT molecular complexity index is 462. The fourth-order valence-corrected chi connectivity index (χ4v) is 2.30. The van der Waals surface area contributed by atoms with E-state index in [0.717, 1.165) is 18.9 Å². The molecule has 0 radical (unpaired) electrons. The molecule has 0 aromatic carbocycles. The van der Waals surface area contributed by atoms with E-state index in [1.165, 1.54) is 4.88 Å². The van der Waals surface area contributed by atoms with E-state index in [-0.39, 0.29) is 5.95 Å². The van der Waals surface area contributed by atoms with E-state index in [1.54, 1.807) is 17.4 Å². The zero-order valence-electron chi connectivity index (χ0n) is 9.63. The van der Waals surface area contributed by atoms with E-state index in [4.69, 9.17) is 11.5 Å². The maximum Gasteiger partial charge on any atom is 0.223 e. The summed E-state index contributed by atoms with van der Waals surface area (Å²) in [5.74, 6) is 1.38. The third-order valence-electron chi connectivity index (χ3n) is 2.38. The van der Waals surface area contributed by atoms with Gasteiger partial charge in [0.05, 0.1) is 6.54 Å². The van der Waals surface area contributed by atoms with Crippen LogP contribution in [0.2, 0.25) is 0 Å². The summed E-state index contributed by atoms with van der Waals surface area (Å²) in [6.07, 6.45) is 0. The molecule has 5 nitrogen and oxygen atoms in total. The van der Waals surface area contributed by atoms with Crippen molar-refractivity contribution in [3.05, 3.63) is 28.5 Å². The van der Waals surface area contributed by atoms with Crippen molar-refractivity contribution in [1.29, 1.82) is 0 Å². The molecule has 90 valence electrons. The normalized spacial score (nSPS) is 10.4. The van der Waals surface area contributed by atoms with Crippen molar-refractivity contribution in [2.45, 2.75) is 13.5 Å². The van der Waals surface area contributed by atoms with Crippen LogP contribution in [0.3, 0.4) is 0 Å². The molecule has 6 heteroatoms. The second-order valence-electron chi connectivity index (χ2n) is 3.60. The van der Waals surface area contributed by atoms with Crippen molar-refractivity contribution in [3.8, 4) is 0 Å². The summed E-state index contributed by atoms with van der Waals surface area (Å²) in [6, 6.07) is 5.88. The van der Waals surface area contributed by atoms with Crippen LogP contribution in [0, 0.1) is 0 Å². The molecule has 0 saturated carbocycles. The average Bonchev–Trinajstić information content (AvgIpc) is 2.77. The number of aromatic nitrogens is 2. The summed E-state index contributed by atoms with van der Waals surface area (Å²) in [6.45, 7) is 3.72. The van der Waals surface area contributed by atoms with Crippen LogP contribution in [0.15, 0.2) is 23.6 Å². The van der Waals surface area contributed by atoms with Gasteiger partial charge in [-0.3, -0.25) is 0 Å². The molecular weight excluding hydrogens is 234 g/mol. The molecule has 0 unspecified atom stereocenters. The van der Waals surface area contributed by atoms with Crippen molar-refractivity contribution in [2.75, 3.05) is 22.9 Å². The molecule has 2 heterocycles. The monoisotopic (exact) mass is 249 g/mol. The van der Waals surface area contributed by atoms with Gasteiger partial charge in [-0.15, -0.1) is 11.3 Å². The number of nitrogens with two attached hydrogens (primary N) is 2. The van der Waals surface area contributed by atoms with Gasteiger partial charge in [0.25, 0.3) is 0 Å². The minimum atomic E-state index is 0.213. The Balaban J connectivity index is 2.22. The van der Waals surface area contributed by atoms with Crippen LogP contribution in [-0.2, 0) is 6.54 Å². The lowest BCUT2D eigenvalue weighted by atomic mass is 10.4. The number of anilines is 3. The van der Waals surface area contributed by atoms with E-state index in [2.05, 4.69) is 33.2 Å². The number of thiophene rings is 1. The maximum atomic E-state index is 5.67. The molecular formula is C11H15N5S. The largest absolute Gasteiger partial charge is 0.383 e. The fraction of sp³-hybridized carbons (Fsp3) is 0.273. The highest BCUT2D eigenvalue weighted by Gasteiger charge is 2.09. The number of nitrogens with zero attached hydrogens (tertiary/aromatic N) is 3. The number of hydrogen-bond donors (Lipinski definition) is 2. The topological polar surface area (TPSA) is 81.1 Å². The Hall–Kier alpha value is -1.82. The summed E-state index contributed by atoms with van der Waals surface area (Å²) in [5, 5.41) is 2.06. The highest BCUT2D eigenvalue weighted by Crippen LogP contribution is 2.19. The van der Waals surface area contributed by atoms with Crippen LogP contribution in [0.1, 0.15) is 11.8 Å². The first-order valence-electron chi connectivity index (χ1n) is 5.36. The summed E-state index contributed by atoms with van der Waals surface area (Å²) in [4.78, 5) is 11.5. The van der Waals surface area contributed by atoms with Crippen LogP contribution in [-0.4, -0.2) is 16.5 Å². The molecule has 0 aliphatic heterocycles. The van der Waals surface area contributed by atoms with Gasteiger partial charge in [-0.1, -0.05) is 6.07 Å². The molecule has 0 fully saturated rings. The van der Waals surface area contributed by atoms with E-state index in [1.807, 2.05) is 6.07 Å². The summed E-state index contributed by atoms with van der Waals surface area (Å²) in [5.41, 5.74) is 11.3. The van der Waals surface area contributed by atoms with Gasteiger partial charge in [-0.05, 0) is 18.4 Å².